The number of aromatic nitrogens is 2. The van der Waals surface area contributed by atoms with Crippen LogP contribution in [0.5, 0.6) is 0 Å². The minimum absolute atomic E-state index is 0.156. The van der Waals surface area contributed by atoms with E-state index in [4.69, 9.17) is 0 Å². The molecule has 1 N–H and O–H groups in total. The zero-order chi connectivity index (χ0) is 17.8. The second-order valence-electron chi connectivity index (χ2n) is 7.09. The van der Waals surface area contributed by atoms with Crippen molar-refractivity contribution in [1.29, 1.82) is 0 Å². The molecule has 1 aromatic carbocycles. The topological polar surface area (TPSA) is 44.5 Å². The Hall–Kier alpha value is -1.76. The number of aliphatic hydroxyl groups excluding tert-OH is 1. The summed E-state index contributed by atoms with van der Waals surface area (Å²) in [6.07, 6.45) is 3.05. The monoisotopic (exact) mass is 346 g/mol. The van der Waals surface area contributed by atoms with E-state index in [-0.39, 0.29) is 6.04 Å². The van der Waals surface area contributed by atoms with Crippen LogP contribution in [0, 0.1) is 0 Å². The first-order chi connectivity index (χ1) is 12.0. The molecule has 1 aliphatic heterocycles. The Morgan fingerprint density at radius 3 is 2.80 bits per heavy atom. The lowest BCUT2D eigenvalue weighted by Gasteiger charge is -2.29. The van der Waals surface area contributed by atoms with E-state index < -0.39 is 12.3 Å². The molecule has 25 heavy (non-hydrogen) atoms. The minimum Gasteiger partial charge on any atom is -0.387 e. The maximum atomic E-state index is 14.0. The van der Waals surface area contributed by atoms with Crippen molar-refractivity contribution in [1.82, 2.24) is 19.6 Å². The molecular weight excluding hydrogens is 319 g/mol. The number of aliphatic hydroxyl groups is 1. The number of alkyl halides is 1. The highest BCUT2D eigenvalue weighted by Crippen LogP contribution is 2.24. The van der Waals surface area contributed by atoms with Gasteiger partial charge in [0.1, 0.15) is 6.17 Å². The quantitative estimate of drug-likeness (QED) is 0.833. The predicted molar refractivity (Wildman–Crippen MR) is 95.8 cm³/mol. The van der Waals surface area contributed by atoms with Gasteiger partial charge in [-0.2, -0.15) is 5.10 Å². The number of rotatable bonds is 7. The lowest BCUT2D eigenvalue weighted by atomic mass is 10.1. The Balaban J connectivity index is 1.56. The van der Waals surface area contributed by atoms with Crippen molar-refractivity contribution >= 4 is 0 Å². The fraction of sp³-hybridized carbons (Fsp3) is 0.526. The molecule has 1 aromatic heterocycles. The smallest absolute Gasteiger partial charge is 0.114 e. The van der Waals surface area contributed by atoms with E-state index >= 15 is 0 Å². The molecule has 0 spiro atoms. The molecule has 2 aromatic rings. The lowest BCUT2D eigenvalue weighted by molar-refractivity contribution is 0.107. The minimum atomic E-state index is -0.783. The van der Waals surface area contributed by atoms with Gasteiger partial charge < -0.3 is 10.0 Å². The first-order valence-electron chi connectivity index (χ1n) is 8.78. The second kappa shape index (κ2) is 8.08. The number of benzene rings is 1. The van der Waals surface area contributed by atoms with Crippen molar-refractivity contribution < 1.29 is 9.50 Å². The first-order valence-corrected chi connectivity index (χ1v) is 8.78. The Kier molecular flexibility index (Phi) is 5.83. The van der Waals surface area contributed by atoms with Gasteiger partial charge in [-0.05, 0) is 19.0 Å². The van der Waals surface area contributed by atoms with Gasteiger partial charge in [-0.15, -0.1) is 0 Å². The fourth-order valence-electron chi connectivity index (χ4n) is 3.60. The Morgan fingerprint density at radius 1 is 1.36 bits per heavy atom. The number of aryl methyl sites for hydroxylation is 1. The highest BCUT2D eigenvalue weighted by atomic mass is 19.1. The van der Waals surface area contributed by atoms with Crippen LogP contribution in [-0.4, -0.2) is 63.6 Å². The summed E-state index contributed by atoms with van der Waals surface area (Å²) in [4.78, 5) is 4.28. The van der Waals surface area contributed by atoms with Gasteiger partial charge in [0, 0.05) is 51.0 Å². The number of halogens is 1. The summed E-state index contributed by atoms with van der Waals surface area (Å²) in [6, 6.07) is 9.82. The zero-order valence-electron chi connectivity index (χ0n) is 14.9. The van der Waals surface area contributed by atoms with Crippen LogP contribution in [0.15, 0.2) is 42.7 Å². The highest BCUT2D eigenvalue weighted by molar-refractivity contribution is 5.17. The maximum absolute atomic E-state index is 14.0. The third-order valence-electron chi connectivity index (χ3n) is 4.81. The highest BCUT2D eigenvalue weighted by Gasteiger charge is 2.33. The van der Waals surface area contributed by atoms with Crippen molar-refractivity contribution in [2.45, 2.75) is 31.3 Å². The third kappa shape index (κ3) is 4.87. The van der Waals surface area contributed by atoms with Crippen molar-refractivity contribution in [3.8, 4) is 0 Å². The summed E-state index contributed by atoms with van der Waals surface area (Å²) in [5, 5.41) is 14.6. The van der Waals surface area contributed by atoms with Crippen LogP contribution in [0.4, 0.5) is 4.39 Å². The van der Waals surface area contributed by atoms with Crippen LogP contribution in [0.3, 0.4) is 0 Å². The molecule has 0 unspecified atom stereocenters. The van der Waals surface area contributed by atoms with E-state index in [1.807, 2.05) is 56.8 Å². The fourth-order valence-corrected chi connectivity index (χ4v) is 3.60. The molecule has 0 amide bonds. The van der Waals surface area contributed by atoms with Crippen LogP contribution < -0.4 is 0 Å². The summed E-state index contributed by atoms with van der Waals surface area (Å²) < 4.78 is 15.8. The number of likely N-dealkylation sites (N-methyl/N-ethyl adjacent to an activating group) is 1. The van der Waals surface area contributed by atoms with E-state index in [2.05, 4.69) is 14.9 Å². The SMILES string of the molecule is CN(C[C@@H]1C[C@H](F)CN1Cc1cnn(C)c1)C[C@H](O)c1ccccc1. The molecular formula is C19H27FN4O. The van der Waals surface area contributed by atoms with E-state index in [0.717, 1.165) is 17.7 Å². The molecule has 5 nitrogen and oxygen atoms in total. The van der Waals surface area contributed by atoms with Gasteiger partial charge in [0.15, 0.2) is 0 Å². The van der Waals surface area contributed by atoms with Crippen LogP contribution >= 0.6 is 0 Å². The van der Waals surface area contributed by atoms with Gasteiger partial charge >= 0.3 is 0 Å². The lowest BCUT2D eigenvalue weighted by Crippen LogP contribution is -2.39. The number of nitrogens with zero attached hydrogens (tertiary/aromatic N) is 4. The van der Waals surface area contributed by atoms with Crippen molar-refractivity contribution in [2.75, 3.05) is 26.7 Å². The van der Waals surface area contributed by atoms with Gasteiger partial charge in [0.2, 0.25) is 0 Å². The Morgan fingerprint density at radius 2 is 2.12 bits per heavy atom. The van der Waals surface area contributed by atoms with Crippen LogP contribution in [-0.2, 0) is 13.6 Å². The zero-order valence-corrected chi connectivity index (χ0v) is 14.9. The molecule has 2 heterocycles. The van der Waals surface area contributed by atoms with Gasteiger partial charge in [-0.1, -0.05) is 30.3 Å². The third-order valence-corrected chi connectivity index (χ3v) is 4.81. The summed E-state index contributed by atoms with van der Waals surface area (Å²) in [5.74, 6) is 0. The summed E-state index contributed by atoms with van der Waals surface area (Å²) >= 11 is 0. The average Bonchev–Trinajstić information content (AvgIpc) is 3.14. The number of hydrogen-bond acceptors (Lipinski definition) is 4. The van der Waals surface area contributed by atoms with Crippen LogP contribution in [0.25, 0.3) is 0 Å². The van der Waals surface area contributed by atoms with Gasteiger partial charge in [0.25, 0.3) is 0 Å². The van der Waals surface area contributed by atoms with E-state index in [9.17, 15) is 9.50 Å². The van der Waals surface area contributed by atoms with Gasteiger partial charge in [0.05, 0.1) is 12.3 Å². The number of hydrogen-bond donors (Lipinski definition) is 1. The summed E-state index contributed by atoms with van der Waals surface area (Å²) in [6.45, 7) is 2.46. The van der Waals surface area contributed by atoms with Gasteiger partial charge in [-0.25, -0.2) is 4.39 Å². The van der Waals surface area contributed by atoms with Gasteiger partial charge in [-0.3, -0.25) is 9.58 Å². The van der Waals surface area contributed by atoms with Crippen LogP contribution in [0.2, 0.25) is 0 Å². The molecule has 0 bridgehead atoms. The summed E-state index contributed by atoms with van der Waals surface area (Å²) in [7, 11) is 3.88. The largest absolute Gasteiger partial charge is 0.387 e. The molecule has 1 aliphatic rings. The van der Waals surface area contributed by atoms with Crippen molar-refractivity contribution in [3.63, 3.8) is 0 Å². The maximum Gasteiger partial charge on any atom is 0.114 e. The molecule has 3 rings (SSSR count). The van der Waals surface area contributed by atoms with E-state index in [1.165, 1.54) is 0 Å². The van der Waals surface area contributed by atoms with Crippen LogP contribution in [0.1, 0.15) is 23.7 Å². The van der Waals surface area contributed by atoms with E-state index in [1.54, 1.807) is 4.68 Å². The number of likely N-dealkylation sites (tertiary alicyclic amines) is 1. The molecule has 1 saturated heterocycles. The first kappa shape index (κ1) is 18.0. The predicted octanol–water partition coefficient (Wildman–Crippen LogP) is 2.00. The molecule has 6 heteroatoms. The molecule has 0 saturated carbocycles. The second-order valence-corrected chi connectivity index (χ2v) is 7.09. The van der Waals surface area contributed by atoms with E-state index in [0.29, 0.717) is 26.1 Å². The Bertz CT molecular complexity index is 662. The molecule has 3 atom stereocenters. The molecule has 0 radical (unpaired) electrons. The van der Waals surface area contributed by atoms with Crippen molar-refractivity contribution in [2.24, 2.45) is 7.05 Å². The molecule has 136 valence electrons. The molecule has 1 fully saturated rings. The molecule has 0 aliphatic carbocycles. The average molecular weight is 346 g/mol. The Labute approximate surface area is 148 Å². The van der Waals surface area contributed by atoms with Crippen molar-refractivity contribution in [3.05, 3.63) is 53.9 Å². The standard InChI is InChI=1S/C19H27FN4O/c1-22(14-19(25)16-6-4-3-5-7-16)13-18-8-17(20)12-24(18)11-15-9-21-23(2)10-15/h3-7,9-10,17-19,25H,8,11-14H2,1-2H3/t17-,18-,19-/m0/s1. The summed E-state index contributed by atoms with van der Waals surface area (Å²) in [5.41, 5.74) is 2.02. The normalized spacial score (nSPS) is 22.6.